The van der Waals surface area contributed by atoms with E-state index in [4.69, 9.17) is 15.0 Å². The maximum atomic E-state index is 14.7. The minimum absolute atomic E-state index is 0.107. The summed E-state index contributed by atoms with van der Waals surface area (Å²) in [7, 11) is -5.35. The Balaban J connectivity index is 1.22. The molecule has 0 spiro atoms. The van der Waals surface area contributed by atoms with Crippen LogP contribution in [0.3, 0.4) is 0 Å². The highest BCUT2D eigenvalue weighted by Crippen LogP contribution is 2.34. The van der Waals surface area contributed by atoms with Gasteiger partial charge >= 0.3 is 10.4 Å². The van der Waals surface area contributed by atoms with Crippen LogP contribution in [0.4, 0.5) is 0 Å². The molecule has 8 amide bonds. The van der Waals surface area contributed by atoms with Crippen molar-refractivity contribution in [2.75, 3.05) is 19.7 Å². The van der Waals surface area contributed by atoms with E-state index < -0.39 is 198 Å². The Bertz CT molecular complexity index is 3340. The Morgan fingerprint density at radius 3 is 2.07 bits per heavy atom. The number of primary amides is 1. The summed E-state index contributed by atoms with van der Waals surface area (Å²) < 4.78 is 48.1. The first-order valence-electron chi connectivity index (χ1n) is 28.1. The van der Waals surface area contributed by atoms with Crippen molar-refractivity contribution in [1.29, 1.82) is 0 Å². The number of ether oxygens (including phenoxy) is 1. The van der Waals surface area contributed by atoms with Gasteiger partial charge in [-0.3, -0.25) is 42.9 Å². The second-order valence-electron chi connectivity index (χ2n) is 21.9. The van der Waals surface area contributed by atoms with E-state index in [2.05, 4.69) is 32.2 Å². The number of aromatic nitrogens is 1. The first-order valence-corrected chi connectivity index (χ1v) is 29.5. The molecule has 3 aromatic carbocycles. The van der Waals surface area contributed by atoms with Gasteiger partial charge in [-0.1, -0.05) is 50.0 Å². The third kappa shape index (κ3) is 16.9. The van der Waals surface area contributed by atoms with Gasteiger partial charge < -0.3 is 102 Å². The molecule has 0 bridgehead atoms. The van der Waals surface area contributed by atoms with Crippen LogP contribution in [0, 0.1) is 5.92 Å². The van der Waals surface area contributed by atoms with Crippen molar-refractivity contribution in [3.05, 3.63) is 83.9 Å². The highest BCUT2D eigenvalue weighted by atomic mass is 32.3. The number of benzene rings is 3. The van der Waals surface area contributed by atoms with Crippen LogP contribution in [-0.4, -0.2) is 220 Å². The predicted octanol–water partition coefficient (Wildman–Crippen LogP) is -3.90. The molecule has 4 heterocycles. The van der Waals surface area contributed by atoms with Gasteiger partial charge in [-0.05, 0) is 67.4 Å². The van der Waals surface area contributed by atoms with Gasteiger partial charge in [0.2, 0.25) is 41.4 Å². The number of aliphatic hydroxyl groups is 8. The maximum Gasteiger partial charge on any atom is 0.446 e. The molecule has 1 aromatic heterocycles. The molecule has 15 atom stereocenters. The van der Waals surface area contributed by atoms with Gasteiger partial charge in [0.05, 0.1) is 37.4 Å². The lowest BCUT2D eigenvalue weighted by atomic mass is 9.96. The molecule has 7 rings (SSSR count). The molecule has 4 aromatic rings. The average Bonchev–Trinajstić information content (AvgIpc) is 2.76. The number of rotatable bonds is 18. The average molecular weight is 1270 g/mol. The number of aliphatic hydroxyl groups excluding tert-OH is 8. The zero-order valence-electron chi connectivity index (χ0n) is 48.1. The lowest BCUT2D eigenvalue weighted by molar-refractivity contribution is -0.149. The third-order valence-corrected chi connectivity index (χ3v) is 15.6. The summed E-state index contributed by atoms with van der Waals surface area (Å²) in [5, 5.41) is 116. The number of unbranched alkanes of at least 4 members (excludes halogenated alkanes) is 2. The minimum Gasteiger partial charge on any atom is -0.504 e. The SMILES string of the molecule is CCCCCOc1ccc(-c2cc(-c3ccc(C(=O)NC4C[C@@H](O)[C@@H](O)NC(=O)C5[C@@H](O)[C@@H](C)CN5C(=O)C([C@H](O)CC(N)=O)NC(=O)C([C@H](O)[C@@H](O)c5ccc(O)c(OS(=O)(=O)O)c5)NC(=O)C5C[C@@H](O)CN5C(=O)C([C@@H](C)O)NC4=O)cc3)no2)cc1. The number of phenols is 1. The summed E-state index contributed by atoms with van der Waals surface area (Å²) in [4.78, 5) is 115. The molecular formula is C56H71N9O23S. The second-order valence-corrected chi connectivity index (χ2v) is 22.9. The monoisotopic (exact) mass is 1270 g/mol. The summed E-state index contributed by atoms with van der Waals surface area (Å²) in [6, 6.07) is 3.52. The zero-order valence-corrected chi connectivity index (χ0v) is 48.9. The van der Waals surface area contributed by atoms with Gasteiger partial charge in [0, 0.05) is 54.6 Å². The lowest BCUT2D eigenvalue weighted by Crippen LogP contribution is -2.64. The number of phenolic OH excluding ortho intramolecular Hbond substituents is 1. The molecule has 0 saturated carbocycles. The first-order chi connectivity index (χ1) is 42.0. The second kappa shape index (κ2) is 29.3. The van der Waals surface area contributed by atoms with Crippen molar-refractivity contribution in [3.63, 3.8) is 0 Å². The number of amides is 8. The van der Waals surface area contributed by atoms with Crippen LogP contribution in [0.2, 0.25) is 0 Å². The minimum atomic E-state index is -5.35. The number of hydrogen-bond donors (Lipinski definition) is 16. The molecule has 32 nitrogen and oxygen atoms in total. The molecule has 33 heteroatoms. The van der Waals surface area contributed by atoms with Crippen molar-refractivity contribution in [2.45, 2.75) is 145 Å². The quantitative estimate of drug-likeness (QED) is 0.0334. The van der Waals surface area contributed by atoms with Crippen LogP contribution in [0.1, 0.15) is 81.3 Å². The fourth-order valence-electron chi connectivity index (χ4n) is 10.3. The molecule has 3 aliphatic heterocycles. The van der Waals surface area contributed by atoms with Gasteiger partial charge in [-0.25, -0.2) is 0 Å². The molecule has 0 radical (unpaired) electrons. The van der Waals surface area contributed by atoms with Crippen LogP contribution in [0.15, 0.2) is 77.3 Å². The highest BCUT2D eigenvalue weighted by molar-refractivity contribution is 7.81. The molecule has 6 unspecified atom stereocenters. The number of carbonyl (C=O) groups excluding carboxylic acids is 8. The Morgan fingerprint density at radius 1 is 0.787 bits per heavy atom. The van der Waals surface area contributed by atoms with Crippen molar-refractivity contribution >= 4 is 57.7 Å². The van der Waals surface area contributed by atoms with E-state index >= 15 is 0 Å². The van der Waals surface area contributed by atoms with Crippen LogP contribution < -0.4 is 41.2 Å². The summed E-state index contributed by atoms with van der Waals surface area (Å²) in [6.07, 6.45) is -17.3. The first kappa shape index (κ1) is 68.1. The number of nitrogens with two attached hydrogens (primary N) is 1. The van der Waals surface area contributed by atoms with Gasteiger partial charge in [-0.15, -0.1) is 0 Å². The van der Waals surface area contributed by atoms with E-state index in [0.717, 1.165) is 32.3 Å². The Hall–Kier alpha value is -8.38. The van der Waals surface area contributed by atoms with Crippen molar-refractivity contribution in [1.82, 2.24) is 41.5 Å². The smallest absolute Gasteiger partial charge is 0.446 e. The molecule has 3 fully saturated rings. The fraction of sp³-hybridized carbons (Fsp3) is 0.482. The van der Waals surface area contributed by atoms with E-state index in [1.54, 1.807) is 30.3 Å². The molecular weight excluding hydrogens is 1200 g/mol. The van der Waals surface area contributed by atoms with Gasteiger partial charge in [-0.2, -0.15) is 8.42 Å². The summed E-state index contributed by atoms with van der Waals surface area (Å²) in [5.41, 5.74) is 6.17. The maximum absolute atomic E-state index is 14.7. The van der Waals surface area contributed by atoms with E-state index in [9.17, 15) is 97.3 Å². The van der Waals surface area contributed by atoms with Crippen LogP contribution in [-0.2, 0) is 44.0 Å². The predicted molar refractivity (Wildman–Crippen MR) is 304 cm³/mol. The van der Waals surface area contributed by atoms with Crippen molar-refractivity contribution in [2.24, 2.45) is 11.7 Å². The van der Waals surface area contributed by atoms with Crippen LogP contribution in [0.5, 0.6) is 17.2 Å². The molecule has 3 aliphatic rings. The van der Waals surface area contributed by atoms with E-state index in [1.165, 1.54) is 31.2 Å². The molecule has 3 saturated heterocycles. The van der Waals surface area contributed by atoms with E-state index in [0.29, 0.717) is 56.9 Å². The Labute approximate surface area is 507 Å². The number of nitrogens with zero attached hydrogens (tertiary/aromatic N) is 3. The molecule has 17 N–H and O–H groups in total. The van der Waals surface area contributed by atoms with Gasteiger partial charge in [0.1, 0.15) is 66.0 Å². The Morgan fingerprint density at radius 2 is 1.43 bits per heavy atom. The summed E-state index contributed by atoms with van der Waals surface area (Å²) in [6.45, 7) is 3.74. The number of hydrogen-bond acceptors (Lipinski definition) is 23. The van der Waals surface area contributed by atoms with Crippen LogP contribution >= 0.6 is 0 Å². The summed E-state index contributed by atoms with van der Waals surface area (Å²) >= 11 is 0. The number of carbonyl (C=O) groups is 8. The zero-order chi connectivity index (χ0) is 65.3. The van der Waals surface area contributed by atoms with Crippen molar-refractivity contribution < 1.29 is 111 Å². The number of nitrogens with one attached hydrogen (secondary N) is 5. The molecule has 0 aliphatic carbocycles. The highest BCUT2D eigenvalue weighted by Gasteiger charge is 2.51. The third-order valence-electron chi connectivity index (χ3n) is 15.2. The lowest BCUT2D eigenvalue weighted by Gasteiger charge is -2.34. The normalized spacial score (nSPS) is 26.4. The van der Waals surface area contributed by atoms with Crippen molar-refractivity contribution in [3.8, 4) is 39.8 Å². The number of aromatic hydroxyl groups is 1. The van der Waals surface area contributed by atoms with E-state index in [1.807, 2.05) is 10.6 Å². The largest absolute Gasteiger partial charge is 0.504 e. The van der Waals surface area contributed by atoms with E-state index in [-0.39, 0.29) is 5.56 Å². The molecule has 484 valence electrons. The Kier molecular flexibility index (Phi) is 22.4. The van der Waals surface area contributed by atoms with Crippen LogP contribution in [0.25, 0.3) is 22.6 Å². The standard InChI is InChI=1S/C56H71N9O23S/c1-4-5-6-17-86-32-14-11-28(12-15-32)39-21-33(63-87-39)27-7-9-29(10-8-27)49(75)58-34-20-38(70)52(78)62-54(80)45-46(72)25(2)23-65(45)56(82)43(37(69)22-41(57)71)60-53(79)44(48(74)47(73)30-13-16-36(68)40(18-30)88-89(83,84)85)61-51(77)35-19-31(67)24-64(35)55(81)42(26(3)66)59-50(34)76/h7-16,18,21,25-26,31,34-35,37-38,42-48,52,66-70,72-74,78H,4-6,17,19-20,22-24H2,1-3H3,(H2,57,71)(H,58,75)(H,59,76)(H,60,79)(H,61,77)(H,62,80)(H,83,84,85)/t25-,26+,31+,34?,35?,37+,38+,42?,43?,44?,45?,46-,47-,48-,52+/m0/s1. The van der Waals surface area contributed by atoms with Gasteiger partial charge in [0.15, 0.2) is 23.5 Å². The van der Waals surface area contributed by atoms with Gasteiger partial charge in [0.25, 0.3) is 5.91 Å². The molecule has 89 heavy (non-hydrogen) atoms. The summed E-state index contributed by atoms with van der Waals surface area (Å²) in [5.74, 6) is -12.9. The number of fused-ring (bicyclic) bond motifs is 2. The topological polar surface area (TPSA) is 510 Å². The fourth-order valence-corrected chi connectivity index (χ4v) is 10.7.